The Kier molecular flexibility index (Phi) is 3.79. The summed E-state index contributed by atoms with van der Waals surface area (Å²) in [6.45, 7) is 0.628. The van der Waals surface area contributed by atoms with Crippen LogP contribution in [0.1, 0.15) is 31.2 Å². The van der Waals surface area contributed by atoms with E-state index in [1.807, 2.05) is 6.07 Å². The number of aliphatic hydroxyl groups is 1. The van der Waals surface area contributed by atoms with Crippen LogP contribution < -0.4 is 11.3 Å². The van der Waals surface area contributed by atoms with Gasteiger partial charge >= 0.3 is 0 Å². The normalized spacial score (nSPS) is 28.6. The molecule has 0 radical (unpaired) electrons. The molecule has 7 heteroatoms. The summed E-state index contributed by atoms with van der Waals surface area (Å²) in [5.74, 6) is 5.49. The second-order valence-electron chi connectivity index (χ2n) is 5.90. The number of hydrogen-bond donors (Lipinski definition) is 3. The van der Waals surface area contributed by atoms with Gasteiger partial charge in [-0.15, -0.1) is 0 Å². The molecule has 0 aliphatic carbocycles. The molecule has 3 rings (SSSR count). The maximum atomic E-state index is 11.1. The monoisotopic (exact) mass is 292 g/mol. The highest BCUT2D eigenvalue weighted by molar-refractivity contribution is 5.65. The smallest absolute Gasteiger partial charge is 0.293 e. The minimum atomic E-state index is -0.423. The van der Waals surface area contributed by atoms with E-state index < -0.39 is 4.92 Å². The lowest BCUT2D eigenvalue weighted by Gasteiger charge is -2.37. The Morgan fingerprint density at radius 2 is 2.05 bits per heavy atom. The van der Waals surface area contributed by atoms with Crippen LogP contribution >= 0.6 is 0 Å². The summed E-state index contributed by atoms with van der Waals surface area (Å²) >= 11 is 0. The van der Waals surface area contributed by atoms with Crippen LogP contribution in [-0.2, 0) is 6.54 Å². The zero-order valence-corrected chi connectivity index (χ0v) is 11.7. The molecule has 0 amide bonds. The number of nitro groups is 1. The Morgan fingerprint density at radius 1 is 1.38 bits per heavy atom. The van der Waals surface area contributed by atoms with Gasteiger partial charge in [0.25, 0.3) is 5.69 Å². The summed E-state index contributed by atoms with van der Waals surface area (Å²) in [6, 6.07) is 5.74. The summed E-state index contributed by atoms with van der Waals surface area (Å²) in [5.41, 5.74) is 3.69. The minimum Gasteiger partial charge on any atom is -0.393 e. The lowest BCUT2D eigenvalue weighted by Crippen LogP contribution is -2.44. The number of aliphatic hydroxyl groups excluding tert-OH is 1. The van der Waals surface area contributed by atoms with Crippen LogP contribution in [0.15, 0.2) is 18.2 Å². The topological polar surface area (TPSA) is 105 Å². The summed E-state index contributed by atoms with van der Waals surface area (Å²) in [6.07, 6.45) is 3.54. The summed E-state index contributed by atoms with van der Waals surface area (Å²) < 4.78 is 0. The molecule has 1 aromatic rings. The molecule has 2 fully saturated rings. The largest absolute Gasteiger partial charge is 0.393 e. The van der Waals surface area contributed by atoms with Gasteiger partial charge in [0.15, 0.2) is 0 Å². The highest BCUT2D eigenvalue weighted by atomic mass is 16.6. The Labute approximate surface area is 122 Å². The number of nitro benzene ring substituents is 1. The van der Waals surface area contributed by atoms with Crippen molar-refractivity contribution in [2.75, 3.05) is 5.43 Å². The lowest BCUT2D eigenvalue weighted by atomic mass is 9.98. The van der Waals surface area contributed by atoms with Crippen molar-refractivity contribution in [1.82, 2.24) is 4.90 Å². The molecule has 2 heterocycles. The first-order valence-corrected chi connectivity index (χ1v) is 7.27. The van der Waals surface area contributed by atoms with Gasteiger partial charge in [-0.1, -0.05) is 12.1 Å². The van der Waals surface area contributed by atoms with Crippen molar-refractivity contribution in [3.63, 3.8) is 0 Å². The van der Waals surface area contributed by atoms with Crippen molar-refractivity contribution in [3.8, 4) is 0 Å². The highest BCUT2D eigenvalue weighted by Gasteiger charge is 2.40. The molecule has 2 saturated heterocycles. The lowest BCUT2D eigenvalue weighted by molar-refractivity contribution is -0.384. The third-order valence-electron chi connectivity index (χ3n) is 4.68. The number of nitrogens with one attached hydrogen (secondary N) is 1. The van der Waals surface area contributed by atoms with Gasteiger partial charge in [0.2, 0.25) is 0 Å². The van der Waals surface area contributed by atoms with Crippen molar-refractivity contribution >= 4 is 11.4 Å². The fraction of sp³-hybridized carbons (Fsp3) is 0.571. The number of anilines is 1. The molecule has 114 valence electrons. The van der Waals surface area contributed by atoms with E-state index in [9.17, 15) is 15.2 Å². The van der Waals surface area contributed by atoms with Crippen molar-refractivity contribution in [2.24, 2.45) is 5.84 Å². The Morgan fingerprint density at radius 3 is 2.62 bits per heavy atom. The first kappa shape index (κ1) is 14.2. The standard InChI is InChI=1S/C14H20N4O3/c15-16-14-9(2-1-3-13(14)18(20)21)8-17-10-4-5-11(17)7-12(19)6-10/h1-3,10-12,16,19H,4-8,15H2. The summed E-state index contributed by atoms with van der Waals surface area (Å²) in [7, 11) is 0. The minimum absolute atomic E-state index is 0.000564. The molecule has 1 aromatic carbocycles. The van der Waals surface area contributed by atoms with Gasteiger partial charge in [0.05, 0.1) is 11.0 Å². The van der Waals surface area contributed by atoms with Crippen LogP contribution in [0.25, 0.3) is 0 Å². The number of benzene rings is 1. The van der Waals surface area contributed by atoms with E-state index in [-0.39, 0.29) is 11.8 Å². The Bertz CT molecular complexity index is 537. The van der Waals surface area contributed by atoms with Crippen molar-refractivity contribution in [1.29, 1.82) is 0 Å². The van der Waals surface area contributed by atoms with Gasteiger partial charge in [0.1, 0.15) is 5.69 Å². The second-order valence-corrected chi connectivity index (χ2v) is 5.90. The first-order chi connectivity index (χ1) is 10.1. The number of hydrogen-bond acceptors (Lipinski definition) is 6. The number of hydrazine groups is 1. The van der Waals surface area contributed by atoms with Crippen molar-refractivity contribution in [3.05, 3.63) is 33.9 Å². The summed E-state index contributed by atoms with van der Waals surface area (Å²) in [5, 5.41) is 20.9. The predicted molar refractivity (Wildman–Crippen MR) is 78.5 cm³/mol. The quantitative estimate of drug-likeness (QED) is 0.440. The van der Waals surface area contributed by atoms with E-state index in [2.05, 4.69) is 10.3 Å². The predicted octanol–water partition coefficient (Wildman–Crippen LogP) is 1.37. The van der Waals surface area contributed by atoms with Crippen LogP contribution in [0.4, 0.5) is 11.4 Å². The molecule has 0 spiro atoms. The maximum absolute atomic E-state index is 11.1. The Hall–Kier alpha value is -1.70. The molecular formula is C14H20N4O3. The van der Waals surface area contributed by atoms with E-state index >= 15 is 0 Å². The van der Waals surface area contributed by atoms with Gasteiger partial charge < -0.3 is 10.5 Å². The van der Waals surface area contributed by atoms with Gasteiger partial charge in [-0.25, -0.2) is 0 Å². The average molecular weight is 292 g/mol. The molecule has 2 aliphatic rings. The van der Waals surface area contributed by atoms with E-state index in [1.165, 1.54) is 6.07 Å². The van der Waals surface area contributed by atoms with Gasteiger partial charge in [-0.3, -0.25) is 20.9 Å². The Balaban J connectivity index is 1.86. The van der Waals surface area contributed by atoms with E-state index in [0.717, 1.165) is 31.2 Å². The molecular weight excluding hydrogens is 272 g/mol. The fourth-order valence-corrected chi connectivity index (χ4v) is 3.74. The number of fused-ring (bicyclic) bond motifs is 2. The number of nitrogens with two attached hydrogens (primary N) is 1. The maximum Gasteiger partial charge on any atom is 0.293 e. The van der Waals surface area contributed by atoms with E-state index in [1.54, 1.807) is 6.07 Å². The van der Waals surface area contributed by atoms with Gasteiger partial charge in [0, 0.05) is 24.7 Å². The fourth-order valence-electron chi connectivity index (χ4n) is 3.74. The van der Waals surface area contributed by atoms with E-state index in [0.29, 0.717) is 24.3 Å². The number of nitrogens with zero attached hydrogens (tertiary/aromatic N) is 2. The number of para-hydroxylation sites is 1. The number of nitrogen functional groups attached to an aromatic ring is 1. The molecule has 2 bridgehead atoms. The van der Waals surface area contributed by atoms with Crippen LogP contribution in [-0.4, -0.2) is 33.1 Å². The second kappa shape index (κ2) is 5.59. The van der Waals surface area contributed by atoms with Crippen LogP contribution in [0.3, 0.4) is 0 Å². The van der Waals surface area contributed by atoms with Crippen molar-refractivity contribution in [2.45, 2.75) is 50.4 Å². The van der Waals surface area contributed by atoms with Crippen LogP contribution in [0, 0.1) is 10.1 Å². The number of piperidine rings is 1. The molecule has 2 unspecified atom stereocenters. The molecule has 4 N–H and O–H groups in total. The van der Waals surface area contributed by atoms with Crippen LogP contribution in [0.2, 0.25) is 0 Å². The highest BCUT2D eigenvalue weighted by Crippen LogP contribution is 2.38. The third-order valence-corrected chi connectivity index (χ3v) is 4.68. The molecule has 2 atom stereocenters. The van der Waals surface area contributed by atoms with Gasteiger partial charge in [-0.2, -0.15) is 0 Å². The van der Waals surface area contributed by atoms with E-state index in [4.69, 9.17) is 5.84 Å². The van der Waals surface area contributed by atoms with Crippen molar-refractivity contribution < 1.29 is 10.0 Å². The molecule has 0 aromatic heterocycles. The zero-order chi connectivity index (χ0) is 15.0. The SMILES string of the molecule is NNc1c(CN2C3CCC2CC(O)C3)cccc1[N+](=O)[O-]. The van der Waals surface area contributed by atoms with Crippen LogP contribution in [0.5, 0.6) is 0 Å². The zero-order valence-electron chi connectivity index (χ0n) is 11.7. The molecule has 21 heavy (non-hydrogen) atoms. The third kappa shape index (κ3) is 2.59. The van der Waals surface area contributed by atoms with Gasteiger partial charge in [-0.05, 0) is 31.2 Å². The molecule has 2 aliphatic heterocycles. The first-order valence-electron chi connectivity index (χ1n) is 7.27. The average Bonchev–Trinajstić information content (AvgIpc) is 2.70. The number of rotatable bonds is 4. The molecule has 7 nitrogen and oxygen atoms in total. The molecule has 0 saturated carbocycles. The summed E-state index contributed by atoms with van der Waals surface area (Å²) in [4.78, 5) is 13.0.